The molecule has 0 atom stereocenters. The summed E-state index contributed by atoms with van der Waals surface area (Å²) in [6, 6.07) is 11.4. The van der Waals surface area contributed by atoms with E-state index < -0.39 is 11.7 Å². The van der Waals surface area contributed by atoms with Gasteiger partial charge >= 0.3 is 0 Å². The predicted octanol–water partition coefficient (Wildman–Crippen LogP) is 2.36. The van der Waals surface area contributed by atoms with Crippen LogP contribution in [0.3, 0.4) is 0 Å². The van der Waals surface area contributed by atoms with Gasteiger partial charge in [-0.2, -0.15) is 5.48 Å². The molecule has 0 spiro atoms. The summed E-state index contributed by atoms with van der Waals surface area (Å²) in [7, 11) is 0. The normalized spacial score (nSPS) is 9.74. The van der Waals surface area contributed by atoms with E-state index in [1.54, 1.807) is 12.1 Å². The van der Waals surface area contributed by atoms with Gasteiger partial charge in [0.25, 0.3) is 5.91 Å². The van der Waals surface area contributed by atoms with Crippen LogP contribution in [-0.2, 0) is 0 Å². The molecular formula is C14H10FNO3. The molecule has 0 saturated carbocycles. The van der Waals surface area contributed by atoms with Gasteiger partial charge in [-0.3, -0.25) is 9.59 Å². The summed E-state index contributed by atoms with van der Waals surface area (Å²) in [6.07, 6.45) is 0.703. The average Bonchev–Trinajstić information content (AvgIpc) is 2.45. The molecule has 5 heteroatoms. The van der Waals surface area contributed by atoms with Crippen LogP contribution in [0.2, 0.25) is 0 Å². The van der Waals surface area contributed by atoms with E-state index in [2.05, 4.69) is 5.48 Å². The summed E-state index contributed by atoms with van der Waals surface area (Å²) in [5, 5.41) is 0. The van der Waals surface area contributed by atoms with Gasteiger partial charge < -0.3 is 4.84 Å². The average molecular weight is 259 g/mol. The van der Waals surface area contributed by atoms with Crippen LogP contribution in [0.1, 0.15) is 20.7 Å². The molecule has 2 aromatic rings. The number of nitrogens with one attached hydrogen (secondary N) is 1. The van der Waals surface area contributed by atoms with Gasteiger partial charge in [0.15, 0.2) is 5.75 Å². The van der Waals surface area contributed by atoms with E-state index in [1.165, 1.54) is 30.3 Å². The Bertz CT molecular complexity index is 596. The number of carbonyl (C=O) groups is 2. The molecule has 0 aliphatic heterocycles. The standard InChI is InChI=1S/C14H10FNO3/c15-12-3-1-2-11(8-12)14(18)16-19-13-6-4-10(9-17)5-7-13/h1-9H,(H,16,18). The van der Waals surface area contributed by atoms with Crippen LogP contribution in [-0.4, -0.2) is 12.2 Å². The predicted molar refractivity (Wildman–Crippen MR) is 66.3 cm³/mol. The fraction of sp³-hybridized carbons (Fsp3) is 0. The van der Waals surface area contributed by atoms with E-state index >= 15 is 0 Å². The topological polar surface area (TPSA) is 55.4 Å². The third-order valence-electron chi connectivity index (χ3n) is 2.36. The Kier molecular flexibility index (Phi) is 3.87. The van der Waals surface area contributed by atoms with Gasteiger partial charge in [0.1, 0.15) is 12.1 Å². The number of aldehydes is 1. The Labute approximate surface area is 108 Å². The zero-order chi connectivity index (χ0) is 13.7. The molecule has 0 bridgehead atoms. The molecule has 2 aromatic carbocycles. The van der Waals surface area contributed by atoms with E-state index in [0.717, 1.165) is 6.07 Å². The lowest BCUT2D eigenvalue weighted by atomic mass is 10.2. The summed E-state index contributed by atoms with van der Waals surface area (Å²) >= 11 is 0. The van der Waals surface area contributed by atoms with E-state index in [0.29, 0.717) is 17.6 Å². The largest absolute Gasteiger partial charge is 0.379 e. The molecule has 0 aromatic heterocycles. The first-order chi connectivity index (χ1) is 9.19. The van der Waals surface area contributed by atoms with E-state index in [4.69, 9.17) is 4.84 Å². The highest BCUT2D eigenvalue weighted by Gasteiger charge is 2.06. The maximum Gasteiger partial charge on any atom is 0.283 e. The molecule has 96 valence electrons. The SMILES string of the molecule is O=Cc1ccc(ONC(=O)c2cccc(F)c2)cc1. The fourth-order valence-corrected chi connectivity index (χ4v) is 1.41. The van der Waals surface area contributed by atoms with Crippen molar-refractivity contribution in [1.29, 1.82) is 0 Å². The van der Waals surface area contributed by atoms with Crippen LogP contribution in [0.4, 0.5) is 4.39 Å². The lowest BCUT2D eigenvalue weighted by Crippen LogP contribution is -2.26. The van der Waals surface area contributed by atoms with Gasteiger partial charge in [-0.1, -0.05) is 6.07 Å². The summed E-state index contributed by atoms with van der Waals surface area (Å²) < 4.78 is 12.9. The van der Waals surface area contributed by atoms with Crippen LogP contribution < -0.4 is 10.3 Å². The molecular weight excluding hydrogens is 249 g/mol. The molecule has 4 nitrogen and oxygen atoms in total. The first-order valence-corrected chi connectivity index (χ1v) is 5.47. The number of amides is 1. The number of hydrogen-bond donors (Lipinski definition) is 1. The molecule has 0 heterocycles. The highest BCUT2D eigenvalue weighted by molar-refractivity contribution is 5.93. The summed E-state index contributed by atoms with van der Waals surface area (Å²) in [6.45, 7) is 0. The maximum atomic E-state index is 12.9. The summed E-state index contributed by atoms with van der Waals surface area (Å²) in [5.74, 6) is -0.683. The minimum absolute atomic E-state index is 0.157. The lowest BCUT2D eigenvalue weighted by molar-refractivity contribution is 0.0759. The van der Waals surface area contributed by atoms with Crippen LogP contribution in [0.5, 0.6) is 5.75 Å². The van der Waals surface area contributed by atoms with Gasteiger partial charge in [-0.25, -0.2) is 4.39 Å². The Hall–Kier alpha value is -2.69. The van der Waals surface area contributed by atoms with Crippen LogP contribution >= 0.6 is 0 Å². The van der Waals surface area contributed by atoms with Crippen molar-refractivity contribution in [3.05, 3.63) is 65.5 Å². The molecule has 1 amide bonds. The Morgan fingerprint density at radius 3 is 2.53 bits per heavy atom. The lowest BCUT2D eigenvalue weighted by Gasteiger charge is -2.07. The Balaban J connectivity index is 1.98. The molecule has 0 fully saturated rings. The van der Waals surface area contributed by atoms with Gasteiger partial charge in [-0.15, -0.1) is 0 Å². The summed E-state index contributed by atoms with van der Waals surface area (Å²) in [4.78, 5) is 27.1. The second-order valence-corrected chi connectivity index (χ2v) is 3.73. The van der Waals surface area contributed by atoms with Gasteiger partial charge in [-0.05, 0) is 42.5 Å². The molecule has 0 unspecified atom stereocenters. The highest BCUT2D eigenvalue weighted by Crippen LogP contribution is 2.10. The monoisotopic (exact) mass is 259 g/mol. The molecule has 2 rings (SSSR count). The first kappa shape index (κ1) is 12.8. The number of halogens is 1. The van der Waals surface area contributed by atoms with Gasteiger partial charge in [0.05, 0.1) is 0 Å². The number of hydroxylamine groups is 1. The van der Waals surface area contributed by atoms with Crippen molar-refractivity contribution < 1.29 is 18.8 Å². The van der Waals surface area contributed by atoms with Crippen molar-refractivity contribution in [2.75, 3.05) is 0 Å². The molecule has 0 aliphatic carbocycles. The van der Waals surface area contributed by atoms with Crippen molar-refractivity contribution in [2.45, 2.75) is 0 Å². The highest BCUT2D eigenvalue weighted by atomic mass is 19.1. The second-order valence-electron chi connectivity index (χ2n) is 3.73. The third-order valence-corrected chi connectivity index (χ3v) is 2.36. The van der Waals surface area contributed by atoms with Crippen LogP contribution in [0.15, 0.2) is 48.5 Å². The number of carbonyl (C=O) groups excluding carboxylic acids is 2. The fourth-order valence-electron chi connectivity index (χ4n) is 1.41. The molecule has 0 aliphatic rings. The minimum Gasteiger partial charge on any atom is -0.379 e. The van der Waals surface area contributed by atoms with Crippen molar-refractivity contribution in [3.63, 3.8) is 0 Å². The Morgan fingerprint density at radius 1 is 1.16 bits per heavy atom. The van der Waals surface area contributed by atoms with Gasteiger partial charge in [0, 0.05) is 11.1 Å². The minimum atomic E-state index is -0.557. The third kappa shape index (κ3) is 3.38. The van der Waals surface area contributed by atoms with E-state index in [-0.39, 0.29) is 5.56 Å². The van der Waals surface area contributed by atoms with Crippen molar-refractivity contribution in [1.82, 2.24) is 5.48 Å². The number of hydrogen-bond acceptors (Lipinski definition) is 3. The van der Waals surface area contributed by atoms with Crippen molar-refractivity contribution in [3.8, 4) is 5.75 Å². The first-order valence-electron chi connectivity index (χ1n) is 5.47. The van der Waals surface area contributed by atoms with Crippen molar-refractivity contribution in [2.24, 2.45) is 0 Å². The smallest absolute Gasteiger partial charge is 0.283 e. The second kappa shape index (κ2) is 5.77. The quantitative estimate of drug-likeness (QED) is 0.677. The number of rotatable bonds is 4. The molecule has 0 radical (unpaired) electrons. The molecule has 1 N–H and O–H groups in total. The molecule has 19 heavy (non-hydrogen) atoms. The van der Waals surface area contributed by atoms with Gasteiger partial charge in [0.2, 0.25) is 0 Å². The zero-order valence-electron chi connectivity index (χ0n) is 9.80. The summed E-state index contributed by atoms with van der Waals surface area (Å²) in [5.41, 5.74) is 2.85. The van der Waals surface area contributed by atoms with Crippen molar-refractivity contribution >= 4 is 12.2 Å². The number of benzene rings is 2. The van der Waals surface area contributed by atoms with E-state index in [1.807, 2.05) is 0 Å². The molecule has 0 saturated heterocycles. The van der Waals surface area contributed by atoms with Crippen LogP contribution in [0.25, 0.3) is 0 Å². The van der Waals surface area contributed by atoms with E-state index in [9.17, 15) is 14.0 Å². The van der Waals surface area contributed by atoms with Crippen LogP contribution in [0, 0.1) is 5.82 Å². The zero-order valence-corrected chi connectivity index (χ0v) is 9.80. The Morgan fingerprint density at radius 2 is 1.89 bits per heavy atom. The maximum absolute atomic E-state index is 12.9.